The molecule has 0 atom stereocenters. The fourth-order valence-electron chi connectivity index (χ4n) is 2.11. The minimum absolute atomic E-state index is 0.0898. The molecule has 3 heteroatoms. The highest BCUT2D eigenvalue weighted by atomic mass is 16.1. The van der Waals surface area contributed by atoms with Crippen molar-refractivity contribution in [1.82, 2.24) is 4.98 Å². The number of carbonyl (C=O) groups is 1. The number of hydrogen-bond donors (Lipinski definition) is 1. The number of pyridine rings is 1. The number of H-pyrrole nitrogens is 1. The van der Waals surface area contributed by atoms with E-state index in [1.807, 2.05) is 30.3 Å². The molecule has 0 aliphatic carbocycles. The van der Waals surface area contributed by atoms with Gasteiger partial charge in [0.1, 0.15) is 0 Å². The maximum absolute atomic E-state index is 12.4. The number of fused-ring (bicyclic) bond motifs is 1. The molecule has 0 bridgehead atoms. The Bertz CT molecular complexity index is 804. The van der Waals surface area contributed by atoms with Gasteiger partial charge in [-0.05, 0) is 17.5 Å². The molecule has 2 aromatic carbocycles. The second-order valence-corrected chi connectivity index (χ2v) is 4.29. The van der Waals surface area contributed by atoms with E-state index in [1.165, 1.54) is 6.07 Å². The molecule has 0 amide bonds. The molecule has 0 saturated carbocycles. The fraction of sp³-hybridized carbons (Fsp3) is 0. The van der Waals surface area contributed by atoms with E-state index < -0.39 is 0 Å². The molecule has 1 aromatic heterocycles. The quantitative estimate of drug-likeness (QED) is 0.710. The minimum atomic E-state index is -0.208. The van der Waals surface area contributed by atoms with Crippen LogP contribution >= 0.6 is 0 Å². The zero-order valence-corrected chi connectivity index (χ0v) is 10.1. The summed E-state index contributed by atoms with van der Waals surface area (Å²) >= 11 is 0. The lowest BCUT2D eigenvalue weighted by Gasteiger charge is -2.05. The van der Waals surface area contributed by atoms with Crippen LogP contribution in [0.3, 0.4) is 0 Å². The number of aromatic amines is 1. The van der Waals surface area contributed by atoms with E-state index in [9.17, 15) is 9.59 Å². The summed E-state index contributed by atoms with van der Waals surface area (Å²) in [6.07, 6.45) is 0. The highest BCUT2D eigenvalue weighted by Gasteiger charge is 2.12. The molecule has 3 rings (SSSR count). The maximum atomic E-state index is 12.4. The van der Waals surface area contributed by atoms with Gasteiger partial charge in [-0.1, -0.05) is 42.5 Å². The number of hydrogen-bond acceptors (Lipinski definition) is 2. The standard InChI is InChI=1S/C16H11NO2/c18-14-10-9-11-7-4-8-13(15(11)17-14)16(19)12-5-2-1-3-6-12/h1-10H,(H,17,18). The minimum Gasteiger partial charge on any atom is -0.321 e. The predicted octanol–water partition coefficient (Wildman–Crippen LogP) is 2.76. The third-order valence-electron chi connectivity index (χ3n) is 3.04. The highest BCUT2D eigenvalue weighted by molar-refractivity contribution is 6.15. The van der Waals surface area contributed by atoms with Gasteiger partial charge < -0.3 is 4.98 Å². The molecular weight excluding hydrogens is 238 g/mol. The number of aromatic nitrogens is 1. The lowest BCUT2D eigenvalue weighted by Crippen LogP contribution is -2.08. The van der Waals surface area contributed by atoms with E-state index in [-0.39, 0.29) is 11.3 Å². The van der Waals surface area contributed by atoms with Crippen molar-refractivity contribution in [1.29, 1.82) is 0 Å². The molecular formula is C16H11NO2. The Morgan fingerprint density at radius 1 is 0.842 bits per heavy atom. The van der Waals surface area contributed by atoms with Gasteiger partial charge >= 0.3 is 0 Å². The van der Waals surface area contributed by atoms with Crippen LogP contribution < -0.4 is 5.56 Å². The largest absolute Gasteiger partial charge is 0.321 e. The molecule has 92 valence electrons. The average Bonchev–Trinajstić information content (AvgIpc) is 2.47. The molecule has 0 saturated heterocycles. The highest BCUT2D eigenvalue weighted by Crippen LogP contribution is 2.18. The predicted molar refractivity (Wildman–Crippen MR) is 74.4 cm³/mol. The summed E-state index contributed by atoms with van der Waals surface area (Å²) in [7, 11) is 0. The number of ketones is 1. The number of carbonyl (C=O) groups excluding carboxylic acids is 1. The van der Waals surface area contributed by atoms with Gasteiger partial charge in [0.05, 0.1) is 5.52 Å². The van der Waals surface area contributed by atoms with Crippen LogP contribution in [0, 0.1) is 0 Å². The molecule has 0 radical (unpaired) electrons. The Morgan fingerprint density at radius 3 is 2.42 bits per heavy atom. The Labute approximate surface area is 109 Å². The van der Waals surface area contributed by atoms with Crippen LogP contribution in [0.1, 0.15) is 15.9 Å². The first-order valence-corrected chi connectivity index (χ1v) is 5.97. The van der Waals surface area contributed by atoms with E-state index >= 15 is 0 Å². The molecule has 1 heterocycles. The van der Waals surface area contributed by atoms with Crippen molar-refractivity contribution in [3.05, 3.63) is 82.1 Å². The van der Waals surface area contributed by atoms with Crippen molar-refractivity contribution in [2.75, 3.05) is 0 Å². The van der Waals surface area contributed by atoms with Gasteiger partial charge in [-0.15, -0.1) is 0 Å². The van der Waals surface area contributed by atoms with Crippen molar-refractivity contribution < 1.29 is 4.79 Å². The summed E-state index contributed by atoms with van der Waals surface area (Å²) in [4.78, 5) is 26.6. The van der Waals surface area contributed by atoms with Gasteiger partial charge in [-0.3, -0.25) is 9.59 Å². The van der Waals surface area contributed by atoms with Crippen molar-refractivity contribution in [3.63, 3.8) is 0 Å². The van der Waals surface area contributed by atoms with Crippen LogP contribution in [-0.4, -0.2) is 10.8 Å². The zero-order valence-electron chi connectivity index (χ0n) is 10.1. The summed E-state index contributed by atoms with van der Waals surface area (Å²) in [5.41, 5.74) is 1.51. The van der Waals surface area contributed by atoms with Crippen LogP contribution in [-0.2, 0) is 0 Å². The maximum Gasteiger partial charge on any atom is 0.248 e. The van der Waals surface area contributed by atoms with Crippen LogP contribution in [0.4, 0.5) is 0 Å². The Hall–Kier alpha value is -2.68. The molecule has 3 aromatic rings. The summed E-state index contributed by atoms with van der Waals surface area (Å²) < 4.78 is 0. The van der Waals surface area contributed by atoms with Gasteiger partial charge in [0.25, 0.3) is 0 Å². The first kappa shape index (κ1) is 11.4. The molecule has 0 aliphatic rings. The first-order chi connectivity index (χ1) is 9.25. The molecule has 1 N–H and O–H groups in total. The zero-order chi connectivity index (χ0) is 13.2. The molecule has 0 fully saturated rings. The van der Waals surface area contributed by atoms with E-state index in [0.717, 1.165) is 5.39 Å². The van der Waals surface area contributed by atoms with E-state index in [4.69, 9.17) is 0 Å². The molecule has 0 spiro atoms. The number of para-hydroxylation sites is 1. The Balaban J connectivity index is 2.23. The van der Waals surface area contributed by atoms with Gasteiger partial charge in [0, 0.05) is 17.2 Å². The van der Waals surface area contributed by atoms with Gasteiger partial charge in [-0.25, -0.2) is 0 Å². The smallest absolute Gasteiger partial charge is 0.248 e. The van der Waals surface area contributed by atoms with Crippen LogP contribution in [0.2, 0.25) is 0 Å². The van der Waals surface area contributed by atoms with Crippen molar-refractivity contribution in [2.45, 2.75) is 0 Å². The number of benzene rings is 2. The normalized spacial score (nSPS) is 10.5. The Kier molecular flexibility index (Phi) is 2.72. The lowest BCUT2D eigenvalue weighted by atomic mass is 10.0. The molecule has 19 heavy (non-hydrogen) atoms. The second kappa shape index (κ2) is 4.53. The molecule has 0 aliphatic heterocycles. The topological polar surface area (TPSA) is 49.9 Å². The van der Waals surface area contributed by atoms with Crippen LogP contribution in [0.25, 0.3) is 10.9 Å². The number of nitrogens with one attached hydrogen (secondary N) is 1. The van der Waals surface area contributed by atoms with Crippen LogP contribution in [0.15, 0.2) is 65.5 Å². The van der Waals surface area contributed by atoms with Crippen LogP contribution in [0.5, 0.6) is 0 Å². The van der Waals surface area contributed by atoms with Crippen molar-refractivity contribution >= 4 is 16.7 Å². The number of rotatable bonds is 2. The second-order valence-electron chi connectivity index (χ2n) is 4.29. The van der Waals surface area contributed by atoms with E-state index in [2.05, 4.69) is 4.98 Å². The van der Waals surface area contributed by atoms with Crippen molar-refractivity contribution in [2.24, 2.45) is 0 Å². The molecule has 0 unspecified atom stereocenters. The summed E-state index contributed by atoms with van der Waals surface area (Å²) in [6, 6.07) is 17.6. The summed E-state index contributed by atoms with van der Waals surface area (Å²) in [5, 5.41) is 0.849. The summed E-state index contributed by atoms with van der Waals surface area (Å²) in [6.45, 7) is 0. The summed E-state index contributed by atoms with van der Waals surface area (Å²) in [5.74, 6) is -0.0898. The SMILES string of the molecule is O=C(c1ccccc1)c1cccc2ccc(=O)[nH]c12. The third kappa shape index (κ3) is 2.06. The first-order valence-electron chi connectivity index (χ1n) is 5.97. The average molecular weight is 249 g/mol. The van der Waals surface area contributed by atoms with Gasteiger partial charge in [-0.2, -0.15) is 0 Å². The molecule has 3 nitrogen and oxygen atoms in total. The van der Waals surface area contributed by atoms with Crippen molar-refractivity contribution in [3.8, 4) is 0 Å². The Morgan fingerprint density at radius 2 is 1.63 bits per heavy atom. The van der Waals surface area contributed by atoms with Gasteiger partial charge in [0.2, 0.25) is 5.56 Å². The monoisotopic (exact) mass is 249 g/mol. The fourth-order valence-corrected chi connectivity index (χ4v) is 2.11. The third-order valence-corrected chi connectivity index (χ3v) is 3.04. The van der Waals surface area contributed by atoms with Gasteiger partial charge in [0.15, 0.2) is 5.78 Å². The lowest BCUT2D eigenvalue weighted by molar-refractivity contribution is 0.104. The van der Waals surface area contributed by atoms with E-state index in [1.54, 1.807) is 24.3 Å². The van der Waals surface area contributed by atoms with E-state index in [0.29, 0.717) is 16.6 Å².